The number of benzene rings is 1. The highest BCUT2D eigenvalue weighted by atomic mass is 16.5. The van der Waals surface area contributed by atoms with Crippen LogP contribution in [0.3, 0.4) is 0 Å². The first-order valence-electron chi connectivity index (χ1n) is 5.49. The van der Waals surface area contributed by atoms with E-state index in [1.54, 1.807) is 32.4 Å². The molecule has 0 saturated heterocycles. The molecule has 18 heavy (non-hydrogen) atoms. The first-order valence-corrected chi connectivity index (χ1v) is 5.49. The summed E-state index contributed by atoms with van der Waals surface area (Å²) in [7, 11) is 1.57. The molecule has 1 heterocycles. The molecule has 0 unspecified atom stereocenters. The van der Waals surface area contributed by atoms with E-state index in [9.17, 15) is 0 Å². The van der Waals surface area contributed by atoms with E-state index in [0.717, 1.165) is 0 Å². The second-order valence-corrected chi connectivity index (χ2v) is 3.67. The van der Waals surface area contributed by atoms with Crippen LogP contribution in [0.25, 0.3) is 0 Å². The Morgan fingerprint density at radius 2 is 1.94 bits per heavy atom. The average molecular weight is 246 g/mol. The van der Waals surface area contributed by atoms with Gasteiger partial charge in [0.15, 0.2) is 11.5 Å². The highest BCUT2D eigenvalue weighted by molar-refractivity contribution is 5.40. The molecule has 0 fully saturated rings. The summed E-state index contributed by atoms with van der Waals surface area (Å²) in [6.45, 7) is 1.71. The molecule has 0 amide bonds. The predicted molar refractivity (Wildman–Crippen MR) is 65.8 cm³/mol. The number of aromatic nitrogens is 2. The van der Waals surface area contributed by atoms with Crippen LogP contribution < -0.4 is 9.47 Å². The average Bonchev–Trinajstić information content (AvgIpc) is 2.39. The number of ether oxygens (including phenoxy) is 2. The number of nitrogens with zero attached hydrogens (tertiary/aromatic N) is 2. The summed E-state index contributed by atoms with van der Waals surface area (Å²) in [6.07, 6.45) is 1.55. The maximum Gasteiger partial charge on any atom is 0.322 e. The van der Waals surface area contributed by atoms with Crippen molar-refractivity contribution in [3.63, 3.8) is 0 Å². The van der Waals surface area contributed by atoms with Crippen molar-refractivity contribution in [3.8, 4) is 17.5 Å². The predicted octanol–water partition coefficient (Wildman–Crippen LogP) is 2.08. The van der Waals surface area contributed by atoms with Gasteiger partial charge in [0, 0.05) is 11.8 Å². The zero-order valence-electron chi connectivity index (χ0n) is 10.3. The monoisotopic (exact) mass is 246 g/mol. The van der Waals surface area contributed by atoms with Crippen molar-refractivity contribution in [3.05, 3.63) is 41.7 Å². The van der Waals surface area contributed by atoms with Crippen LogP contribution in [0.1, 0.15) is 11.3 Å². The molecule has 0 saturated carbocycles. The fourth-order valence-electron chi connectivity index (χ4n) is 1.48. The molecule has 0 aliphatic heterocycles. The molecule has 5 heteroatoms. The molecule has 2 aromatic rings. The number of aliphatic hydroxyl groups excluding tert-OH is 1. The van der Waals surface area contributed by atoms with E-state index >= 15 is 0 Å². The Kier molecular flexibility index (Phi) is 3.74. The van der Waals surface area contributed by atoms with Crippen LogP contribution in [0, 0.1) is 6.92 Å². The van der Waals surface area contributed by atoms with Crippen LogP contribution in [0.5, 0.6) is 17.5 Å². The Balaban J connectivity index is 2.26. The second-order valence-electron chi connectivity index (χ2n) is 3.67. The maximum absolute atomic E-state index is 9.04. The molecule has 5 nitrogen and oxygen atoms in total. The third-order valence-corrected chi connectivity index (χ3v) is 2.50. The minimum Gasteiger partial charge on any atom is -0.493 e. The number of rotatable bonds is 4. The third-order valence-electron chi connectivity index (χ3n) is 2.50. The highest BCUT2D eigenvalue weighted by Gasteiger charge is 2.08. The van der Waals surface area contributed by atoms with Crippen molar-refractivity contribution in [1.82, 2.24) is 9.97 Å². The molecule has 0 aliphatic carbocycles. The number of hydrogen-bond acceptors (Lipinski definition) is 5. The lowest BCUT2D eigenvalue weighted by Crippen LogP contribution is -1.99. The van der Waals surface area contributed by atoms with Gasteiger partial charge in [0.05, 0.1) is 19.4 Å². The molecule has 2 rings (SSSR count). The van der Waals surface area contributed by atoms with Crippen molar-refractivity contribution < 1.29 is 14.6 Å². The molecule has 1 aromatic carbocycles. The minimum absolute atomic E-state index is 0.0826. The molecule has 0 spiro atoms. The van der Waals surface area contributed by atoms with Crippen molar-refractivity contribution >= 4 is 0 Å². The zero-order valence-corrected chi connectivity index (χ0v) is 10.3. The normalized spacial score (nSPS) is 10.2. The van der Waals surface area contributed by atoms with E-state index in [1.807, 2.05) is 12.1 Å². The van der Waals surface area contributed by atoms with Gasteiger partial charge in [0.25, 0.3) is 0 Å². The Labute approximate surface area is 105 Å². The van der Waals surface area contributed by atoms with E-state index in [4.69, 9.17) is 14.6 Å². The van der Waals surface area contributed by atoms with Gasteiger partial charge in [0.1, 0.15) is 0 Å². The third kappa shape index (κ3) is 2.57. The lowest BCUT2D eigenvalue weighted by atomic mass is 10.3. The van der Waals surface area contributed by atoms with Gasteiger partial charge in [-0.3, -0.25) is 0 Å². The summed E-state index contributed by atoms with van der Waals surface area (Å²) in [4.78, 5) is 8.20. The lowest BCUT2D eigenvalue weighted by molar-refractivity contribution is 0.279. The molecular weight excluding hydrogens is 232 g/mol. The van der Waals surface area contributed by atoms with Gasteiger partial charge in [-0.2, -0.15) is 4.98 Å². The Bertz CT molecular complexity index is 544. The van der Waals surface area contributed by atoms with Crippen LogP contribution >= 0.6 is 0 Å². The molecular formula is C13H14N2O3. The summed E-state index contributed by atoms with van der Waals surface area (Å²) in [5.41, 5.74) is 1.37. The van der Waals surface area contributed by atoms with Crippen LogP contribution in [-0.2, 0) is 6.61 Å². The lowest BCUT2D eigenvalue weighted by Gasteiger charge is -2.09. The van der Waals surface area contributed by atoms with Gasteiger partial charge in [-0.15, -0.1) is 0 Å². The van der Waals surface area contributed by atoms with E-state index < -0.39 is 0 Å². The van der Waals surface area contributed by atoms with Crippen LogP contribution in [0.15, 0.2) is 30.5 Å². The number of aliphatic hydroxyl groups is 1. The number of hydrogen-bond donors (Lipinski definition) is 1. The molecule has 0 aliphatic rings. The van der Waals surface area contributed by atoms with Gasteiger partial charge in [-0.1, -0.05) is 12.1 Å². The van der Waals surface area contributed by atoms with Crippen molar-refractivity contribution in [2.45, 2.75) is 13.5 Å². The van der Waals surface area contributed by atoms with Gasteiger partial charge in [-0.05, 0) is 19.1 Å². The van der Waals surface area contributed by atoms with E-state index in [1.165, 1.54) is 0 Å². The first kappa shape index (κ1) is 12.3. The summed E-state index contributed by atoms with van der Waals surface area (Å²) in [6, 6.07) is 7.50. The van der Waals surface area contributed by atoms with Crippen LogP contribution in [0.4, 0.5) is 0 Å². The van der Waals surface area contributed by atoms with Crippen molar-refractivity contribution in [2.24, 2.45) is 0 Å². The smallest absolute Gasteiger partial charge is 0.322 e. The molecule has 1 N–H and O–H groups in total. The SMILES string of the molecule is COc1ccccc1Oc1ncc(CO)c(C)n1. The first-order chi connectivity index (χ1) is 8.74. The number of aryl methyl sites for hydroxylation is 1. The van der Waals surface area contributed by atoms with E-state index in [-0.39, 0.29) is 12.6 Å². The van der Waals surface area contributed by atoms with Crippen molar-refractivity contribution in [2.75, 3.05) is 7.11 Å². The Morgan fingerprint density at radius 3 is 2.56 bits per heavy atom. The summed E-state index contributed by atoms with van der Waals surface area (Å²) in [5, 5.41) is 9.04. The molecule has 94 valence electrons. The van der Waals surface area contributed by atoms with E-state index in [0.29, 0.717) is 22.8 Å². The van der Waals surface area contributed by atoms with Crippen LogP contribution in [0.2, 0.25) is 0 Å². The zero-order chi connectivity index (χ0) is 13.0. The quantitative estimate of drug-likeness (QED) is 0.894. The summed E-state index contributed by atoms with van der Waals surface area (Å²) >= 11 is 0. The van der Waals surface area contributed by atoms with Crippen LogP contribution in [-0.4, -0.2) is 22.2 Å². The Morgan fingerprint density at radius 1 is 1.22 bits per heavy atom. The number of methoxy groups -OCH3 is 1. The summed E-state index contributed by atoms with van der Waals surface area (Å²) < 4.78 is 10.7. The topological polar surface area (TPSA) is 64.5 Å². The standard InChI is InChI=1S/C13H14N2O3/c1-9-10(8-16)7-14-13(15-9)18-12-6-4-3-5-11(12)17-2/h3-7,16H,8H2,1-2H3. The second kappa shape index (κ2) is 5.46. The van der Waals surface area contributed by atoms with Crippen molar-refractivity contribution in [1.29, 1.82) is 0 Å². The minimum atomic E-state index is -0.0826. The molecule has 0 bridgehead atoms. The van der Waals surface area contributed by atoms with Gasteiger partial charge < -0.3 is 14.6 Å². The number of para-hydroxylation sites is 2. The molecule has 0 radical (unpaired) electrons. The largest absolute Gasteiger partial charge is 0.493 e. The fraction of sp³-hybridized carbons (Fsp3) is 0.231. The van der Waals surface area contributed by atoms with E-state index in [2.05, 4.69) is 9.97 Å². The molecule has 0 atom stereocenters. The summed E-state index contributed by atoms with van der Waals surface area (Å²) in [5.74, 6) is 1.17. The van der Waals surface area contributed by atoms with Gasteiger partial charge in [-0.25, -0.2) is 4.98 Å². The highest BCUT2D eigenvalue weighted by Crippen LogP contribution is 2.29. The maximum atomic E-state index is 9.04. The molecule has 1 aromatic heterocycles. The van der Waals surface area contributed by atoms with Gasteiger partial charge >= 0.3 is 6.01 Å². The Hall–Kier alpha value is -2.14. The van der Waals surface area contributed by atoms with Gasteiger partial charge in [0.2, 0.25) is 0 Å². The fourth-order valence-corrected chi connectivity index (χ4v) is 1.48.